The third kappa shape index (κ3) is 4.10. The number of piperazine rings is 1. The van der Waals surface area contributed by atoms with Crippen molar-refractivity contribution < 1.29 is 9.59 Å². The van der Waals surface area contributed by atoms with Crippen molar-refractivity contribution in [2.45, 2.75) is 45.1 Å². The van der Waals surface area contributed by atoms with E-state index in [0.717, 1.165) is 25.7 Å². The maximum Gasteiger partial charge on any atom is 0.245 e. The van der Waals surface area contributed by atoms with Crippen LogP contribution in [0.4, 0.5) is 0 Å². The molecule has 1 atom stereocenters. The summed E-state index contributed by atoms with van der Waals surface area (Å²) in [6.45, 7) is 2.83. The summed E-state index contributed by atoms with van der Waals surface area (Å²) in [5.74, 6) is 2.56. The minimum Gasteiger partial charge on any atom is -0.343 e. The van der Waals surface area contributed by atoms with Gasteiger partial charge in [-0.2, -0.15) is 0 Å². The van der Waals surface area contributed by atoms with E-state index in [-0.39, 0.29) is 24.4 Å². The van der Waals surface area contributed by atoms with E-state index in [1.807, 2.05) is 6.92 Å². The average Bonchev–Trinajstić information content (AvgIpc) is 2.30. The molecule has 1 aliphatic heterocycles. The van der Waals surface area contributed by atoms with Crippen LogP contribution in [-0.4, -0.2) is 35.8 Å². The highest BCUT2D eigenvalue weighted by atomic mass is 16.2. The summed E-state index contributed by atoms with van der Waals surface area (Å²) in [5.41, 5.74) is 0. The van der Waals surface area contributed by atoms with E-state index in [2.05, 4.69) is 11.2 Å². The van der Waals surface area contributed by atoms with Gasteiger partial charge in [-0.25, -0.2) is 0 Å². The third-order valence-electron chi connectivity index (χ3n) is 2.86. The standard InChI is InChI=1S/C13H20N2O2/c1-3-5-6-7-9-15-10-12(16)14-11(8-4-2)13(15)17/h1,11H,4-10H2,2H3,(H,14,16). The molecule has 1 aliphatic rings. The van der Waals surface area contributed by atoms with Crippen molar-refractivity contribution in [2.75, 3.05) is 13.1 Å². The number of carbonyl (C=O) groups excluding carboxylic acids is 2. The number of nitrogens with zero attached hydrogens (tertiary/aromatic N) is 1. The SMILES string of the molecule is C#CCCCCN1CC(=O)NC(CCC)C1=O. The van der Waals surface area contributed by atoms with Gasteiger partial charge in [0.1, 0.15) is 6.04 Å². The molecule has 4 nitrogen and oxygen atoms in total. The second kappa shape index (κ2) is 6.95. The Kier molecular flexibility index (Phi) is 5.55. The van der Waals surface area contributed by atoms with Crippen LogP contribution < -0.4 is 5.32 Å². The van der Waals surface area contributed by atoms with Gasteiger partial charge in [0.05, 0.1) is 6.54 Å². The summed E-state index contributed by atoms with van der Waals surface area (Å²) in [6, 6.07) is -0.325. The van der Waals surface area contributed by atoms with E-state index in [4.69, 9.17) is 6.42 Å². The van der Waals surface area contributed by atoms with Gasteiger partial charge in [0.2, 0.25) is 11.8 Å². The molecule has 1 saturated heterocycles. The first-order valence-corrected chi connectivity index (χ1v) is 6.20. The van der Waals surface area contributed by atoms with Crippen LogP contribution in [0.25, 0.3) is 0 Å². The number of hydrogen-bond acceptors (Lipinski definition) is 2. The molecular weight excluding hydrogens is 216 g/mol. The lowest BCUT2D eigenvalue weighted by Gasteiger charge is -2.32. The molecule has 0 saturated carbocycles. The number of nitrogens with one attached hydrogen (secondary N) is 1. The van der Waals surface area contributed by atoms with E-state index in [1.165, 1.54) is 0 Å². The second-order valence-corrected chi connectivity index (χ2v) is 4.33. The van der Waals surface area contributed by atoms with Gasteiger partial charge in [0.25, 0.3) is 0 Å². The summed E-state index contributed by atoms with van der Waals surface area (Å²) >= 11 is 0. The van der Waals surface area contributed by atoms with Crippen molar-refractivity contribution in [1.29, 1.82) is 0 Å². The summed E-state index contributed by atoms with van der Waals surface area (Å²) in [7, 11) is 0. The lowest BCUT2D eigenvalue weighted by atomic mass is 10.1. The number of rotatable bonds is 6. The van der Waals surface area contributed by atoms with Gasteiger partial charge >= 0.3 is 0 Å². The lowest BCUT2D eigenvalue weighted by Crippen LogP contribution is -2.58. The van der Waals surface area contributed by atoms with Crippen LogP contribution in [-0.2, 0) is 9.59 Å². The minimum absolute atomic E-state index is 0.0483. The van der Waals surface area contributed by atoms with E-state index in [1.54, 1.807) is 4.90 Å². The first kappa shape index (κ1) is 13.6. The number of terminal acetylenes is 1. The molecule has 0 aromatic rings. The number of carbonyl (C=O) groups is 2. The smallest absolute Gasteiger partial charge is 0.245 e. The normalized spacial score (nSPS) is 20.0. The molecule has 0 aliphatic carbocycles. The molecule has 1 fully saturated rings. The zero-order valence-electron chi connectivity index (χ0n) is 10.4. The third-order valence-corrected chi connectivity index (χ3v) is 2.86. The second-order valence-electron chi connectivity index (χ2n) is 4.33. The highest BCUT2D eigenvalue weighted by Gasteiger charge is 2.31. The number of unbranched alkanes of at least 4 members (excludes halogenated alkanes) is 2. The van der Waals surface area contributed by atoms with Gasteiger partial charge in [0.15, 0.2) is 0 Å². The first-order valence-electron chi connectivity index (χ1n) is 6.20. The first-order chi connectivity index (χ1) is 8.19. The van der Waals surface area contributed by atoms with Gasteiger partial charge in [0, 0.05) is 13.0 Å². The summed E-state index contributed by atoms with van der Waals surface area (Å²) < 4.78 is 0. The molecule has 1 rings (SSSR count). The zero-order chi connectivity index (χ0) is 12.7. The molecule has 17 heavy (non-hydrogen) atoms. The molecule has 0 aromatic carbocycles. The summed E-state index contributed by atoms with van der Waals surface area (Å²) in [6.07, 6.45) is 9.26. The Labute approximate surface area is 103 Å². The topological polar surface area (TPSA) is 49.4 Å². The molecule has 94 valence electrons. The molecule has 4 heteroatoms. The van der Waals surface area contributed by atoms with Gasteiger partial charge in [-0.05, 0) is 19.3 Å². The predicted molar refractivity (Wildman–Crippen MR) is 66.1 cm³/mol. The molecule has 0 bridgehead atoms. The quantitative estimate of drug-likeness (QED) is 0.550. The van der Waals surface area contributed by atoms with Crippen molar-refractivity contribution in [1.82, 2.24) is 10.2 Å². The molecule has 1 N–H and O–H groups in total. The van der Waals surface area contributed by atoms with Crippen LogP contribution in [0.1, 0.15) is 39.0 Å². The zero-order valence-corrected chi connectivity index (χ0v) is 10.4. The lowest BCUT2D eigenvalue weighted by molar-refractivity contribution is -0.144. The van der Waals surface area contributed by atoms with Crippen molar-refractivity contribution in [3.05, 3.63) is 0 Å². The summed E-state index contributed by atoms with van der Waals surface area (Å²) in [4.78, 5) is 25.1. The largest absolute Gasteiger partial charge is 0.343 e. The van der Waals surface area contributed by atoms with Crippen LogP contribution in [0.15, 0.2) is 0 Å². The molecule has 0 radical (unpaired) electrons. The Morgan fingerprint density at radius 3 is 2.88 bits per heavy atom. The molecule has 1 heterocycles. The Morgan fingerprint density at radius 2 is 2.24 bits per heavy atom. The van der Waals surface area contributed by atoms with E-state index >= 15 is 0 Å². The summed E-state index contributed by atoms with van der Waals surface area (Å²) in [5, 5.41) is 2.74. The maximum atomic E-state index is 12.0. The van der Waals surface area contributed by atoms with Crippen molar-refractivity contribution in [2.24, 2.45) is 0 Å². The molecule has 1 unspecified atom stereocenters. The number of hydrogen-bond donors (Lipinski definition) is 1. The highest BCUT2D eigenvalue weighted by molar-refractivity contribution is 5.94. The van der Waals surface area contributed by atoms with Crippen molar-refractivity contribution in [3.8, 4) is 12.3 Å². The predicted octanol–water partition coefficient (Wildman–Crippen LogP) is 0.917. The Balaban J connectivity index is 2.44. The fourth-order valence-electron chi connectivity index (χ4n) is 1.98. The number of amides is 2. The van der Waals surface area contributed by atoms with Gasteiger partial charge in [-0.3, -0.25) is 9.59 Å². The minimum atomic E-state index is -0.325. The fraction of sp³-hybridized carbons (Fsp3) is 0.692. The van der Waals surface area contributed by atoms with Crippen molar-refractivity contribution >= 4 is 11.8 Å². The maximum absolute atomic E-state index is 12.0. The van der Waals surface area contributed by atoms with Crippen molar-refractivity contribution in [3.63, 3.8) is 0 Å². The van der Waals surface area contributed by atoms with E-state index in [9.17, 15) is 9.59 Å². The van der Waals surface area contributed by atoms with Gasteiger partial charge in [-0.1, -0.05) is 13.3 Å². The molecule has 0 aromatic heterocycles. The van der Waals surface area contributed by atoms with Crippen LogP contribution >= 0.6 is 0 Å². The Hall–Kier alpha value is -1.50. The monoisotopic (exact) mass is 236 g/mol. The molecule has 2 amide bonds. The van der Waals surface area contributed by atoms with E-state index < -0.39 is 0 Å². The molecular formula is C13H20N2O2. The average molecular weight is 236 g/mol. The fourth-order valence-corrected chi connectivity index (χ4v) is 1.98. The molecule has 0 spiro atoms. The Morgan fingerprint density at radius 1 is 1.47 bits per heavy atom. The van der Waals surface area contributed by atoms with E-state index in [0.29, 0.717) is 13.0 Å². The van der Waals surface area contributed by atoms with Gasteiger partial charge in [-0.15, -0.1) is 12.3 Å². The highest BCUT2D eigenvalue weighted by Crippen LogP contribution is 2.09. The van der Waals surface area contributed by atoms with Crippen LogP contribution in [0, 0.1) is 12.3 Å². The van der Waals surface area contributed by atoms with Crippen LogP contribution in [0.5, 0.6) is 0 Å². The Bertz CT molecular complexity index is 320. The van der Waals surface area contributed by atoms with Crippen LogP contribution in [0.2, 0.25) is 0 Å². The van der Waals surface area contributed by atoms with Gasteiger partial charge < -0.3 is 10.2 Å². The van der Waals surface area contributed by atoms with Crippen LogP contribution in [0.3, 0.4) is 0 Å².